The van der Waals surface area contributed by atoms with Gasteiger partial charge >= 0.3 is 17.9 Å². The Kier molecular flexibility index (Phi) is 67.6. The summed E-state index contributed by atoms with van der Waals surface area (Å²) in [6, 6.07) is 0. The molecule has 82 heavy (non-hydrogen) atoms. The van der Waals surface area contributed by atoms with Crippen LogP contribution in [0.25, 0.3) is 0 Å². The largest absolute Gasteiger partial charge is 0.462 e. The second-order valence-corrected chi connectivity index (χ2v) is 24.1. The van der Waals surface area contributed by atoms with Gasteiger partial charge in [0.15, 0.2) is 6.10 Å². The van der Waals surface area contributed by atoms with Crippen LogP contribution in [-0.2, 0) is 28.6 Å². The SMILES string of the molecule is CC/C=C\C/C=C\C/C=C\C/C=C\C/C=C\CCCCCCCCCC(=O)OC(COC(=O)CCCCCCC/C=C\CCCCC)COC(=O)CCCCCCCCCCCCCCCCCCCCCCCCCCCCCCC. The highest BCUT2D eigenvalue weighted by Gasteiger charge is 2.19. The van der Waals surface area contributed by atoms with Crippen LogP contribution >= 0.6 is 0 Å². The van der Waals surface area contributed by atoms with Gasteiger partial charge in [-0.2, -0.15) is 0 Å². The third-order valence-electron chi connectivity index (χ3n) is 15.9. The molecule has 0 N–H and O–H groups in total. The summed E-state index contributed by atoms with van der Waals surface area (Å²) in [5, 5.41) is 0. The Morgan fingerprint density at radius 1 is 0.256 bits per heavy atom. The molecule has 0 fully saturated rings. The van der Waals surface area contributed by atoms with E-state index in [2.05, 4.69) is 93.7 Å². The molecule has 0 spiro atoms. The minimum atomic E-state index is -0.785. The van der Waals surface area contributed by atoms with Crippen LogP contribution in [0.5, 0.6) is 0 Å². The quantitative estimate of drug-likeness (QED) is 0.0261. The Balaban J connectivity index is 4.21. The number of esters is 3. The summed E-state index contributed by atoms with van der Waals surface area (Å²) in [4.78, 5) is 38.4. The van der Waals surface area contributed by atoms with Gasteiger partial charge in [-0.1, -0.05) is 338 Å². The Labute approximate surface area is 510 Å². The minimum absolute atomic E-state index is 0.0793. The maximum atomic E-state index is 12.9. The summed E-state index contributed by atoms with van der Waals surface area (Å²) in [6.07, 6.45) is 92.3. The van der Waals surface area contributed by atoms with Crippen molar-refractivity contribution in [1.82, 2.24) is 0 Å². The molecule has 0 saturated carbocycles. The molecule has 0 aliphatic rings. The molecule has 0 bridgehead atoms. The van der Waals surface area contributed by atoms with Crippen LogP contribution in [-0.4, -0.2) is 37.2 Å². The monoisotopic (exact) mass is 1150 g/mol. The number of unbranched alkanes of at least 4 members (excludes halogenated alkanes) is 43. The summed E-state index contributed by atoms with van der Waals surface area (Å²) in [7, 11) is 0. The molecule has 6 heteroatoms. The molecule has 0 aromatic heterocycles. The number of hydrogen-bond donors (Lipinski definition) is 0. The fraction of sp³-hybridized carbons (Fsp3) is 0.803. The van der Waals surface area contributed by atoms with Crippen molar-refractivity contribution in [3.63, 3.8) is 0 Å². The molecular formula is C76H136O6. The number of carbonyl (C=O) groups is 3. The van der Waals surface area contributed by atoms with Gasteiger partial charge in [0.25, 0.3) is 0 Å². The van der Waals surface area contributed by atoms with E-state index in [9.17, 15) is 14.4 Å². The number of rotatable bonds is 66. The van der Waals surface area contributed by atoms with Crippen LogP contribution < -0.4 is 0 Å². The fourth-order valence-corrected chi connectivity index (χ4v) is 10.6. The van der Waals surface area contributed by atoms with Crippen molar-refractivity contribution in [1.29, 1.82) is 0 Å². The second kappa shape index (κ2) is 70.3. The molecule has 0 radical (unpaired) electrons. The van der Waals surface area contributed by atoms with Crippen molar-refractivity contribution in [2.24, 2.45) is 0 Å². The van der Waals surface area contributed by atoms with Crippen LogP contribution in [0.1, 0.15) is 374 Å². The highest BCUT2D eigenvalue weighted by Crippen LogP contribution is 2.18. The van der Waals surface area contributed by atoms with Gasteiger partial charge in [-0.3, -0.25) is 14.4 Å². The van der Waals surface area contributed by atoms with Gasteiger partial charge in [-0.05, 0) is 89.9 Å². The van der Waals surface area contributed by atoms with Crippen LogP contribution in [0.3, 0.4) is 0 Å². The van der Waals surface area contributed by atoms with Crippen LogP contribution in [0, 0.1) is 0 Å². The van der Waals surface area contributed by atoms with Gasteiger partial charge in [0.05, 0.1) is 0 Å². The van der Waals surface area contributed by atoms with E-state index in [4.69, 9.17) is 14.2 Å². The molecule has 1 atom stereocenters. The molecule has 0 amide bonds. The lowest BCUT2D eigenvalue weighted by Gasteiger charge is -2.18. The number of hydrogen-bond acceptors (Lipinski definition) is 6. The maximum absolute atomic E-state index is 12.9. The number of carbonyl (C=O) groups excluding carboxylic acids is 3. The van der Waals surface area contributed by atoms with Crippen LogP contribution in [0.2, 0.25) is 0 Å². The Morgan fingerprint density at radius 2 is 0.476 bits per heavy atom. The van der Waals surface area contributed by atoms with Crippen molar-refractivity contribution in [2.75, 3.05) is 13.2 Å². The van der Waals surface area contributed by atoms with Crippen molar-refractivity contribution >= 4 is 17.9 Å². The summed E-state index contributed by atoms with van der Waals surface area (Å²) in [6.45, 7) is 6.54. The summed E-state index contributed by atoms with van der Waals surface area (Å²) >= 11 is 0. The minimum Gasteiger partial charge on any atom is -0.462 e. The lowest BCUT2D eigenvalue weighted by molar-refractivity contribution is -0.167. The van der Waals surface area contributed by atoms with E-state index >= 15 is 0 Å². The van der Waals surface area contributed by atoms with Crippen LogP contribution in [0.4, 0.5) is 0 Å². The molecule has 476 valence electrons. The van der Waals surface area contributed by atoms with Crippen molar-refractivity contribution in [2.45, 2.75) is 380 Å². The Morgan fingerprint density at radius 3 is 0.780 bits per heavy atom. The highest BCUT2D eigenvalue weighted by atomic mass is 16.6. The lowest BCUT2D eigenvalue weighted by atomic mass is 10.0. The zero-order chi connectivity index (χ0) is 59.2. The molecule has 0 saturated heterocycles. The summed E-state index contributed by atoms with van der Waals surface area (Å²) in [5.74, 6) is -0.880. The van der Waals surface area contributed by atoms with Gasteiger partial charge in [-0.15, -0.1) is 0 Å². The standard InChI is InChI=1S/C76H136O6/c1-4-7-10-13-16-19-22-25-27-29-31-33-35-36-37-38-39-40-42-43-45-47-49-51-54-57-60-63-66-69-75(78)81-72-73(71-80-74(77)68-65-62-59-56-53-24-21-18-15-12-9-6-3)82-76(79)70-67-64-61-58-55-52-50-48-46-44-41-34-32-30-28-26-23-20-17-14-11-8-5-2/h8,11,17-18,20-21,26,28,32,34,44,46,73H,4-7,9-10,12-16,19,22-25,27,29-31,33,35-43,45,47-72H2,1-3H3/b11-8-,20-17-,21-18-,28-26-,34-32-,46-44-. The molecule has 0 aliphatic carbocycles. The fourth-order valence-electron chi connectivity index (χ4n) is 10.6. The predicted octanol–water partition coefficient (Wildman–Crippen LogP) is 24.8. The molecule has 0 rings (SSSR count). The topological polar surface area (TPSA) is 78.9 Å². The van der Waals surface area contributed by atoms with E-state index in [0.29, 0.717) is 19.3 Å². The maximum Gasteiger partial charge on any atom is 0.306 e. The average molecular weight is 1150 g/mol. The molecular weight excluding hydrogens is 1010 g/mol. The van der Waals surface area contributed by atoms with Gasteiger partial charge in [-0.25, -0.2) is 0 Å². The Bertz CT molecular complexity index is 1500. The first-order valence-corrected chi connectivity index (χ1v) is 35.9. The zero-order valence-electron chi connectivity index (χ0n) is 54.8. The first-order valence-electron chi connectivity index (χ1n) is 35.9. The first-order chi connectivity index (χ1) is 40.5. The molecule has 0 aliphatic heterocycles. The van der Waals surface area contributed by atoms with E-state index in [1.54, 1.807) is 0 Å². The first kappa shape index (κ1) is 78.8. The summed E-state index contributed by atoms with van der Waals surface area (Å²) < 4.78 is 17.0. The van der Waals surface area contributed by atoms with Gasteiger partial charge in [0, 0.05) is 19.3 Å². The third kappa shape index (κ3) is 67.6. The Hall–Kier alpha value is -3.15. The van der Waals surface area contributed by atoms with E-state index in [0.717, 1.165) is 103 Å². The normalized spacial score (nSPS) is 12.5. The van der Waals surface area contributed by atoms with E-state index < -0.39 is 6.10 Å². The number of allylic oxidation sites excluding steroid dienone is 12. The van der Waals surface area contributed by atoms with Crippen molar-refractivity contribution in [3.8, 4) is 0 Å². The third-order valence-corrected chi connectivity index (χ3v) is 15.9. The molecule has 0 aromatic carbocycles. The summed E-state index contributed by atoms with van der Waals surface area (Å²) in [5.41, 5.74) is 0. The molecule has 6 nitrogen and oxygen atoms in total. The highest BCUT2D eigenvalue weighted by molar-refractivity contribution is 5.71. The van der Waals surface area contributed by atoms with Crippen LogP contribution in [0.15, 0.2) is 72.9 Å². The van der Waals surface area contributed by atoms with E-state index in [-0.39, 0.29) is 31.1 Å². The molecule has 0 aromatic rings. The average Bonchev–Trinajstić information content (AvgIpc) is 3.47. The molecule has 1 unspecified atom stereocenters. The second-order valence-electron chi connectivity index (χ2n) is 24.1. The lowest BCUT2D eigenvalue weighted by Crippen LogP contribution is -2.30. The number of ether oxygens (including phenoxy) is 3. The smallest absolute Gasteiger partial charge is 0.306 e. The zero-order valence-corrected chi connectivity index (χ0v) is 54.8. The van der Waals surface area contributed by atoms with Gasteiger partial charge < -0.3 is 14.2 Å². The van der Waals surface area contributed by atoms with E-state index in [1.165, 1.54) is 231 Å². The molecule has 0 heterocycles. The van der Waals surface area contributed by atoms with Crippen molar-refractivity contribution < 1.29 is 28.6 Å². The van der Waals surface area contributed by atoms with Gasteiger partial charge in [0.1, 0.15) is 13.2 Å². The van der Waals surface area contributed by atoms with E-state index in [1.807, 2.05) is 0 Å². The van der Waals surface area contributed by atoms with Gasteiger partial charge in [0.2, 0.25) is 0 Å². The van der Waals surface area contributed by atoms with Crippen molar-refractivity contribution in [3.05, 3.63) is 72.9 Å². The predicted molar refractivity (Wildman–Crippen MR) is 358 cm³/mol.